The first-order chi connectivity index (χ1) is 12.1. The minimum absolute atomic E-state index is 0.116. The van der Waals surface area contributed by atoms with Gasteiger partial charge in [-0.3, -0.25) is 10.6 Å². The van der Waals surface area contributed by atoms with E-state index in [2.05, 4.69) is 38.0 Å². The van der Waals surface area contributed by atoms with Gasteiger partial charge in [0.2, 0.25) is 0 Å². The van der Waals surface area contributed by atoms with E-state index in [1.54, 1.807) is 0 Å². The number of benzene rings is 1. The molecule has 1 aromatic rings. The van der Waals surface area contributed by atoms with Crippen molar-refractivity contribution in [1.29, 1.82) is 0 Å². The van der Waals surface area contributed by atoms with Crippen LogP contribution >= 0.6 is 0 Å². The summed E-state index contributed by atoms with van der Waals surface area (Å²) in [5.74, 6) is 1.53. The Hall–Kier alpha value is -2.71. The number of nitrogens with two attached hydrogens (primary N) is 1. The second-order valence-electron chi connectivity index (χ2n) is 6.03. The Morgan fingerprint density at radius 2 is 2.16 bits per heavy atom. The molecule has 0 saturated heterocycles. The minimum atomic E-state index is -0.378. The molecule has 3 rings (SSSR count). The molecule has 0 aromatic heterocycles. The molecule has 0 bridgehead atoms. The number of nitrogens with one attached hydrogen (secondary N) is 6. The third-order valence-corrected chi connectivity index (χ3v) is 3.94. The van der Waals surface area contributed by atoms with Crippen LogP contribution in [0.15, 0.2) is 48.1 Å². The third kappa shape index (κ3) is 4.65. The quantitative estimate of drug-likeness (QED) is 0.406. The summed E-state index contributed by atoms with van der Waals surface area (Å²) in [6.07, 6.45) is 4.37. The molecule has 25 heavy (non-hydrogen) atoms. The lowest BCUT2D eigenvalue weighted by atomic mass is 10.1. The van der Waals surface area contributed by atoms with Gasteiger partial charge < -0.3 is 27.0 Å². The van der Waals surface area contributed by atoms with Crippen molar-refractivity contribution >= 4 is 11.7 Å². The molecule has 0 saturated carbocycles. The number of amides is 2. The molecule has 2 aliphatic rings. The zero-order valence-corrected chi connectivity index (χ0v) is 14.2. The summed E-state index contributed by atoms with van der Waals surface area (Å²) >= 11 is 0. The summed E-state index contributed by atoms with van der Waals surface area (Å²) in [5, 5.41) is 18.5. The fourth-order valence-corrected chi connectivity index (χ4v) is 2.80. The van der Waals surface area contributed by atoms with Crippen LogP contribution in [0.25, 0.3) is 0 Å². The van der Waals surface area contributed by atoms with Crippen LogP contribution in [-0.2, 0) is 6.42 Å². The van der Waals surface area contributed by atoms with Gasteiger partial charge in [-0.1, -0.05) is 18.2 Å². The monoisotopic (exact) mass is 343 g/mol. The van der Waals surface area contributed by atoms with Crippen LogP contribution in [0.4, 0.5) is 10.5 Å². The molecule has 0 aliphatic carbocycles. The molecule has 2 aliphatic heterocycles. The Morgan fingerprint density at radius 3 is 3.00 bits per heavy atom. The van der Waals surface area contributed by atoms with Gasteiger partial charge in [0.15, 0.2) is 6.29 Å². The minimum Gasteiger partial charge on any atom is -0.371 e. The molecule has 2 heterocycles. The van der Waals surface area contributed by atoms with Crippen molar-refractivity contribution in [2.45, 2.75) is 25.7 Å². The molecule has 0 radical (unpaired) electrons. The van der Waals surface area contributed by atoms with E-state index in [-0.39, 0.29) is 18.4 Å². The summed E-state index contributed by atoms with van der Waals surface area (Å²) in [7, 11) is 0. The maximum atomic E-state index is 12.3. The first kappa shape index (κ1) is 17.1. The smallest absolute Gasteiger partial charge is 0.322 e. The number of hydrogen-bond donors (Lipinski definition) is 7. The van der Waals surface area contributed by atoms with Gasteiger partial charge in [-0.2, -0.15) is 0 Å². The van der Waals surface area contributed by atoms with E-state index in [0.29, 0.717) is 18.9 Å². The van der Waals surface area contributed by atoms with Crippen LogP contribution in [0.2, 0.25) is 0 Å². The van der Waals surface area contributed by atoms with Crippen LogP contribution in [0.1, 0.15) is 12.5 Å². The average Bonchev–Trinajstić information content (AvgIpc) is 2.59. The fraction of sp³-hybridized carbons (Fsp3) is 0.353. The van der Waals surface area contributed by atoms with Crippen molar-refractivity contribution in [3.05, 3.63) is 53.6 Å². The standard InChI is InChI=1S/C17H25N7O/c1-11-10-15(19-9-8-18)22-16(20-11)24-17(25)23-14-7-6-12-4-2-3-5-13(12)21-14/h2-5,7,10-11,16,19-22H,6,8-9,18H2,1H3,(H2,23,24,25). The van der Waals surface area contributed by atoms with Crippen molar-refractivity contribution in [2.75, 3.05) is 18.4 Å². The molecule has 8 N–H and O–H groups in total. The number of urea groups is 1. The highest BCUT2D eigenvalue weighted by molar-refractivity contribution is 5.77. The van der Waals surface area contributed by atoms with Crippen molar-refractivity contribution in [2.24, 2.45) is 5.73 Å². The molecule has 8 nitrogen and oxygen atoms in total. The van der Waals surface area contributed by atoms with E-state index in [0.717, 1.165) is 17.9 Å². The predicted octanol–water partition coefficient (Wildman–Crippen LogP) is 0.0498. The number of para-hydroxylation sites is 1. The van der Waals surface area contributed by atoms with E-state index in [9.17, 15) is 4.79 Å². The van der Waals surface area contributed by atoms with E-state index in [1.165, 1.54) is 5.56 Å². The number of hydrogen-bond acceptors (Lipinski definition) is 6. The number of anilines is 1. The number of rotatable bonds is 5. The molecular formula is C17H25N7O. The van der Waals surface area contributed by atoms with Crippen LogP contribution < -0.4 is 37.6 Å². The van der Waals surface area contributed by atoms with E-state index < -0.39 is 0 Å². The highest BCUT2D eigenvalue weighted by atomic mass is 16.2. The van der Waals surface area contributed by atoms with Crippen LogP contribution in [0.3, 0.4) is 0 Å². The second-order valence-corrected chi connectivity index (χ2v) is 6.03. The Bertz CT molecular complexity index is 685. The largest absolute Gasteiger partial charge is 0.371 e. The van der Waals surface area contributed by atoms with Gasteiger partial charge in [-0.25, -0.2) is 4.79 Å². The lowest BCUT2D eigenvalue weighted by Crippen LogP contribution is -2.62. The lowest BCUT2D eigenvalue weighted by Gasteiger charge is -2.31. The second kappa shape index (κ2) is 7.91. The molecular weight excluding hydrogens is 318 g/mol. The fourth-order valence-electron chi connectivity index (χ4n) is 2.80. The molecule has 1 aromatic carbocycles. The first-order valence-electron chi connectivity index (χ1n) is 8.45. The summed E-state index contributed by atoms with van der Waals surface area (Å²) in [4.78, 5) is 12.3. The highest BCUT2D eigenvalue weighted by Crippen LogP contribution is 2.21. The maximum absolute atomic E-state index is 12.3. The van der Waals surface area contributed by atoms with Gasteiger partial charge >= 0.3 is 6.03 Å². The summed E-state index contributed by atoms with van der Waals surface area (Å²) in [6, 6.07) is 7.85. The zero-order chi connectivity index (χ0) is 17.6. The topological polar surface area (TPSA) is 115 Å². The van der Waals surface area contributed by atoms with Gasteiger partial charge in [0.25, 0.3) is 0 Å². The molecule has 2 amide bonds. The van der Waals surface area contributed by atoms with Crippen molar-refractivity contribution in [3.8, 4) is 0 Å². The maximum Gasteiger partial charge on any atom is 0.322 e. The van der Waals surface area contributed by atoms with Crippen LogP contribution in [0.5, 0.6) is 0 Å². The number of allylic oxidation sites excluding steroid dienone is 1. The van der Waals surface area contributed by atoms with Crippen molar-refractivity contribution in [1.82, 2.24) is 26.6 Å². The normalized spacial score (nSPS) is 21.7. The van der Waals surface area contributed by atoms with Gasteiger partial charge in [0, 0.05) is 24.8 Å². The Labute approximate surface area is 147 Å². The third-order valence-electron chi connectivity index (χ3n) is 3.94. The Kier molecular flexibility index (Phi) is 5.42. The summed E-state index contributed by atoms with van der Waals surface area (Å²) < 4.78 is 0. The van der Waals surface area contributed by atoms with E-state index in [1.807, 2.05) is 37.3 Å². The zero-order valence-electron chi connectivity index (χ0n) is 14.2. The molecule has 2 atom stereocenters. The number of carbonyl (C=O) groups is 1. The van der Waals surface area contributed by atoms with Crippen molar-refractivity contribution in [3.63, 3.8) is 0 Å². The van der Waals surface area contributed by atoms with Gasteiger partial charge in [0.1, 0.15) is 5.82 Å². The van der Waals surface area contributed by atoms with E-state index in [4.69, 9.17) is 5.73 Å². The first-order valence-corrected chi connectivity index (χ1v) is 8.45. The molecule has 8 heteroatoms. The molecule has 0 fully saturated rings. The lowest BCUT2D eigenvalue weighted by molar-refractivity contribution is 0.231. The van der Waals surface area contributed by atoms with Gasteiger partial charge in [0.05, 0.1) is 5.82 Å². The van der Waals surface area contributed by atoms with Crippen molar-refractivity contribution < 1.29 is 4.79 Å². The van der Waals surface area contributed by atoms with Gasteiger partial charge in [-0.15, -0.1) is 0 Å². The predicted molar refractivity (Wildman–Crippen MR) is 98.2 cm³/mol. The molecule has 0 spiro atoms. The van der Waals surface area contributed by atoms with E-state index >= 15 is 0 Å². The Morgan fingerprint density at radius 1 is 1.32 bits per heavy atom. The highest BCUT2D eigenvalue weighted by Gasteiger charge is 2.20. The molecule has 134 valence electrons. The average molecular weight is 343 g/mol. The molecule has 2 unspecified atom stereocenters. The summed E-state index contributed by atoms with van der Waals surface area (Å²) in [6.45, 7) is 3.22. The Balaban J connectivity index is 1.51. The van der Waals surface area contributed by atoms with Crippen LogP contribution in [-0.4, -0.2) is 31.5 Å². The summed E-state index contributed by atoms with van der Waals surface area (Å²) in [5.41, 5.74) is 7.73. The van der Waals surface area contributed by atoms with Gasteiger partial charge in [-0.05, 0) is 37.1 Å². The number of fused-ring (bicyclic) bond motifs is 1. The number of carbonyl (C=O) groups excluding carboxylic acids is 1. The van der Waals surface area contributed by atoms with Crippen LogP contribution in [0, 0.1) is 0 Å². The SMILES string of the molecule is CC1C=C(NCCN)NC(NC(=O)NC2=CCc3ccccc3N2)N1.